The zero-order chi connectivity index (χ0) is 33.5. The second kappa shape index (κ2) is 15.7. The lowest BCUT2D eigenvalue weighted by Gasteiger charge is -2.34. The van der Waals surface area contributed by atoms with Crippen LogP contribution in [-0.4, -0.2) is 104 Å². The third-order valence-electron chi connectivity index (χ3n) is 7.08. The number of aliphatic hydroxyl groups is 1. The largest absolute Gasteiger partial charge is 0.490 e. The van der Waals surface area contributed by atoms with Crippen molar-refractivity contribution in [3.8, 4) is 5.75 Å². The molecule has 2 aromatic carbocycles. The van der Waals surface area contributed by atoms with Crippen LogP contribution in [-0.2, 0) is 4.79 Å². The number of β-amino-alcohol motifs (C(OH)–C–C–N with tert-alkyl or cyclic N) is 1. The van der Waals surface area contributed by atoms with Crippen molar-refractivity contribution in [3.05, 3.63) is 57.6 Å². The molecular formula is C28H31Cl2F5N4O6. The van der Waals surface area contributed by atoms with Crippen molar-refractivity contribution in [1.29, 1.82) is 0 Å². The molecular weight excluding hydrogens is 654 g/mol. The molecule has 0 saturated carbocycles. The van der Waals surface area contributed by atoms with Gasteiger partial charge in [0.05, 0.1) is 28.4 Å². The van der Waals surface area contributed by atoms with Crippen molar-refractivity contribution >= 4 is 46.7 Å². The molecule has 2 amide bonds. The van der Waals surface area contributed by atoms with Crippen LogP contribution in [0.4, 0.5) is 27.6 Å². The number of benzene rings is 2. The molecule has 45 heavy (non-hydrogen) atoms. The average molecular weight is 685 g/mol. The molecule has 4 N–H and O–H groups in total. The van der Waals surface area contributed by atoms with Crippen LogP contribution < -0.4 is 20.3 Å². The molecule has 17 heteroatoms. The third-order valence-corrected chi connectivity index (χ3v) is 7.63. The van der Waals surface area contributed by atoms with Gasteiger partial charge in [0, 0.05) is 55.9 Å². The molecule has 0 aromatic heterocycles. The lowest BCUT2D eigenvalue weighted by molar-refractivity contribution is -0.192. The molecule has 0 aliphatic carbocycles. The maximum atomic E-state index is 12.8. The fourth-order valence-electron chi connectivity index (χ4n) is 4.86. The smallest absolute Gasteiger partial charge is 0.486 e. The molecule has 0 unspecified atom stereocenters. The van der Waals surface area contributed by atoms with Gasteiger partial charge in [0.25, 0.3) is 18.2 Å². The van der Waals surface area contributed by atoms with E-state index in [0.29, 0.717) is 35.9 Å². The number of hydrogen-bond acceptors (Lipinski definition) is 7. The number of carboxylic acids is 1. The highest BCUT2D eigenvalue weighted by Crippen LogP contribution is 2.35. The molecule has 0 spiro atoms. The lowest BCUT2D eigenvalue weighted by Crippen LogP contribution is -2.50. The molecule has 0 bridgehead atoms. The van der Waals surface area contributed by atoms with E-state index >= 15 is 0 Å². The standard InChI is InChI=1S/C26H30Cl2F2N4O4.C2HF3O2/c1-31-25(36)18-10-19(28)23(38-14-24(29)30)11-21(18)34-12-20(22(35)13-34)32-17-6-8-33(9-7-17)26(37)15-2-4-16(27)5-3-15;3-2(4,5)1(6)7/h2-5,10-11,17,20,22,24,32,35H,6-9,12-14H2,1H3,(H,31,36);(H,6,7)/t20-,22-;/m1./s1. The van der Waals surface area contributed by atoms with E-state index < -0.39 is 37.2 Å². The first-order valence-electron chi connectivity index (χ1n) is 13.6. The van der Waals surface area contributed by atoms with E-state index in [0.717, 1.165) is 12.8 Å². The van der Waals surface area contributed by atoms with Gasteiger partial charge < -0.3 is 35.4 Å². The quantitative estimate of drug-likeness (QED) is 0.306. The summed E-state index contributed by atoms with van der Waals surface area (Å²) in [6.07, 6.45) is -7.05. The van der Waals surface area contributed by atoms with Crippen LogP contribution >= 0.6 is 23.2 Å². The number of alkyl halides is 5. The van der Waals surface area contributed by atoms with Gasteiger partial charge in [-0.3, -0.25) is 9.59 Å². The Hall–Kier alpha value is -3.40. The molecule has 0 radical (unpaired) electrons. The summed E-state index contributed by atoms with van der Waals surface area (Å²) in [6, 6.07) is 9.47. The molecule has 2 aromatic rings. The number of amides is 2. The number of rotatable bonds is 8. The van der Waals surface area contributed by atoms with E-state index in [1.165, 1.54) is 19.2 Å². The van der Waals surface area contributed by atoms with Crippen LogP contribution in [0.2, 0.25) is 10.0 Å². The van der Waals surface area contributed by atoms with Crippen molar-refractivity contribution in [1.82, 2.24) is 15.5 Å². The lowest BCUT2D eigenvalue weighted by atomic mass is 10.0. The van der Waals surface area contributed by atoms with Gasteiger partial charge in [-0.1, -0.05) is 23.2 Å². The van der Waals surface area contributed by atoms with Gasteiger partial charge >= 0.3 is 12.1 Å². The number of nitrogens with zero attached hydrogens (tertiary/aromatic N) is 2. The maximum Gasteiger partial charge on any atom is 0.490 e. The fourth-order valence-corrected chi connectivity index (χ4v) is 5.20. The van der Waals surface area contributed by atoms with Crippen molar-refractivity contribution in [2.75, 3.05) is 44.7 Å². The van der Waals surface area contributed by atoms with E-state index in [2.05, 4.69) is 10.6 Å². The first-order valence-corrected chi connectivity index (χ1v) is 14.4. The number of likely N-dealkylation sites (tertiary alicyclic amines) is 1. The number of ether oxygens (including phenoxy) is 1. The van der Waals surface area contributed by atoms with E-state index in [4.69, 9.17) is 37.8 Å². The second-order valence-electron chi connectivity index (χ2n) is 10.2. The molecule has 2 fully saturated rings. The Labute approximate surface area is 265 Å². The number of carboxylic acid groups (broad SMARTS) is 1. The van der Waals surface area contributed by atoms with E-state index in [9.17, 15) is 36.6 Å². The Morgan fingerprint density at radius 1 is 1.07 bits per heavy atom. The average Bonchev–Trinajstić information content (AvgIpc) is 3.35. The molecule has 2 saturated heterocycles. The Morgan fingerprint density at radius 3 is 2.20 bits per heavy atom. The van der Waals surface area contributed by atoms with Gasteiger partial charge in [-0.05, 0) is 43.2 Å². The van der Waals surface area contributed by atoms with Crippen LogP contribution in [0.3, 0.4) is 0 Å². The minimum atomic E-state index is -5.08. The Balaban J connectivity index is 0.000000707. The van der Waals surface area contributed by atoms with Crippen molar-refractivity contribution in [2.24, 2.45) is 0 Å². The SMILES string of the molecule is CNC(=O)c1cc(Cl)c(OCC(F)F)cc1N1C[C@@H](O)[C@H](NC2CCN(C(=O)c3ccc(Cl)cc3)CC2)C1.O=C(O)C(F)(F)F. The predicted molar refractivity (Wildman–Crippen MR) is 156 cm³/mol. The summed E-state index contributed by atoms with van der Waals surface area (Å²) in [5, 5.41) is 24.6. The number of nitrogens with one attached hydrogen (secondary N) is 2. The minimum Gasteiger partial charge on any atom is -0.486 e. The van der Waals surface area contributed by atoms with Crippen LogP contribution in [0.5, 0.6) is 5.75 Å². The first-order chi connectivity index (χ1) is 21.1. The van der Waals surface area contributed by atoms with E-state index in [-0.39, 0.29) is 40.9 Å². The number of carbonyl (C=O) groups excluding carboxylic acids is 2. The van der Waals surface area contributed by atoms with Gasteiger partial charge in [0.15, 0.2) is 0 Å². The zero-order valence-electron chi connectivity index (χ0n) is 23.8. The summed E-state index contributed by atoms with van der Waals surface area (Å²) in [5.74, 6) is -3.15. The van der Waals surface area contributed by atoms with Gasteiger partial charge in [-0.15, -0.1) is 0 Å². The number of aliphatic carboxylic acids is 1. The zero-order valence-corrected chi connectivity index (χ0v) is 25.3. The molecule has 2 aliphatic rings. The summed E-state index contributed by atoms with van der Waals surface area (Å²) in [5.41, 5.74) is 1.28. The summed E-state index contributed by atoms with van der Waals surface area (Å²) in [7, 11) is 1.48. The molecule has 2 aliphatic heterocycles. The van der Waals surface area contributed by atoms with E-state index in [1.807, 2.05) is 9.80 Å². The molecule has 4 rings (SSSR count). The van der Waals surface area contributed by atoms with Gasteiger partial charge in [0.1, 0.15) is 12.4 Å². The number of aliphatic hydroxyl groups excluding tert-OH is 1. The Kier molecular flexibility index (Phi) is 12.6. The van der Waals surface area contributed by atoms with Gasteiger partial charge in [-0.2, -0.15) is 13.2 Å². The number of anilines is 1. The highest BCUT2D eigenvalue weighted by Gasteiger charge is 2.38. The number of piperidine rings is 1. The monoisotopic (exact) mass is 684 g/mol. The molecule has 2 atom stereocenters. The minimum absolute atomic E-state index is 0.0400. The molecule has 10 nitrogen and oxygen atoms in total. The topological polar surface area (TPSA) is 131 Å². The summed E-state index contributed by atoms with van der Waals surface area (Å²) >= 11 is 12.1. The van der Waals surface area contributed by atoms with Crippen molar-refractivity contribution < 1.29 is 51.3 Å². The normalized spacial score (nSPS) is 18.8. The van der Waals surface area contributed by atoms with Crippen LogP contribution in [0.15, 0.2) is 36.4 Å². The highest BCUT2D eigenvalue weighted by atomic mass is 35.5. The molecule has 248 valence electrons. The van der Waals surface area contributed by atoms with Crippen LogP contribution in [0, 0.1) is 0 Å². The van der Waals surface area contributed by atoms with Crippen LogP contribution in [0.1, 0.15) is 33.6 Å². The van der Waals surface area contributed by atoms with Gasteiger partial charge in [0.2, 0.25) is 0 Å². The second-order valence-corrected chi connectivity index (χ2v) is 11.0. The fraction of sp³-hybridized carbons (Fsp3) is 0.464. The Bertz CT molecular complexity index is 1340. The van der Waals surface area contributed by atoms with Crippen molar-refractivity contribution in [3.63, 3.8) is 0 Å². The number of carbonyl (C=O) groups is 3. The third kappa shape index (κ3) is 10.0. The first kappa shape index (κ1) is 36.1. The van der Waals surface area contributed by atoms with Crippen LogP contribution in [0.25, 0.3) is 0 Å². The summed E-state index contributed by atoms with van der Waals surface area (Å²) in [4.78, 5) is 37.8. The van der Waals surface area contributed by atoms with Crippen molar-refractivity contribution in [2.45, 2.75) is 43.6 Å². The Morgan fingerprint density at radius 2 is 1.67 bits per heavy atom. The maximum absolute atomic E-state index is 12.8. The van der Waals surface area contributed by atoms with E-state index in [1.54, 1.807) is 24.3 Å². The number of halogens is 7. The van der Waals surface area contributed by atoms with Gasteiger partial charge in [-0.25, -0.2) is 13.6 Å². The number of hydrogen-bond donors (Lipinski definition) is 4. The molecule has 2 heterocycles. The summed E-state index contributed by atoms with van der Waals surface area (Å²) < 4.78 is 62.3. The summed E-state index contributed by atoms with van der Waals surface area (Å²) in [6.45, 7) is 0.934. The predicted octanol–water partition coefficient (Wildman–Crippen LogP) is 4.07. The highest BCUT2D eigenvalue weighted by molar-refractivity contribution is 6.32.